The lowest BCUT2D eigenvalue weighted by atomic mass is 10.1. The average molecular weight is 299 g/mol. The minimum atomic E-state index is 0.586. The first-order valence-corrected chi connectivity index (χ1v) is 7.84. The van der Waals surface area contributed by atoms with Gasteiger partial charge in [0.2, 0.25) is 0 Å². The number of hydrogen-bond donors (Lipinski definition) is 1. The van der Waals surface area contributed by atoms with Crippen molar-refractivity contribution in [1.29, 1.82) is 0 Å². The van der Waals surface area contributed by atoms with Crippen molar-refractivity contribution < 1.29 is 9.47 Å². The minimum absolute atomic E-state index is 0.586. The Bertz CT molecular complexity index is 569. The second-order valence-electron chi connectivity index (χ2n) is 5.25. The fourth-order valence-electron chi connectivity index (χ4n) is 2.31. The summed E-state index contributed by atoms with van der Waals surface area (Å²) in [5.41, 5.74) is 3.76. The molecule has 0 unspecified atom stereocenters. The minimum Gasteiger partial charge on any atom is -0.491 e. The summed E-state index contributed by atoms with van der Waals surface area (Å²) in [5, 5.41) is 3.48. The van der Waals surface area contributed by atoms with Crippen LogP contribution in [-0.4, -0.2) is 19.8 Å². The molecule has 2 aromatic carbocycles. The molecule has 0 saturated carbocycles. The van der Waals surface area contributed by atoms with E-state index in [0.29, 0.717) is 13.2 Å². The van der Waals surface area contributed by atoms with E-state index >= 15 is 0 Å². The largest absolute Gasteiger partial charge is 0.491 e. The Morgan fingerprint density at radius 2 is 1.82 bits per heavy atom. The molecule has 0 spiro atoms. The Balaban J connectivity index is 1.84. The summed E-state index contributed by atoms with van der Waals surface area (Å²) in [6, 6.07) is 16.7. The molecule has 0 aromatic heterocycles. The van der Waals surface area contributed by atoms with E-state index in [2.05, 4.69) is 42.6 Å². The van der Waals surface area contributed by atoms with Crippen LogP contribution in [0.15, 0.2) is 48.5 Å². The molecule has 118 valence electrons. The van der Waals surface area contributed by atoms with Crippen LogP contribution in [0.2, 0.25) is 0 Å². The molecule has 0 heterocycles. The van der Waals surface area contributed by atoms with Gasteiger partial charge in [-0.15, -0.1) is 0 Å². The summed E-state index contributed by atoms with van der Waals surface area (Å²) in [7, 11) is 0. The molecular weight excluding hydrogens is 274 g/mol. The zero-order valence-electron chi connectivity index (χ0n) is 13.5. The quantitative estimate of drug-likeness (QED) is 0.716. The van der Waals surface area contributed by atoms with Crippen LogP contribution in [0.25, 0.3) is 0 Å². The third-order valence-corrected chi connectivity index (χ3v) is 3.39. The second-order valence-corrected chi connectivity index (χ2v) is 5.25. The molecule has 1 N–H and O–H groups in total. The molecule has 2 aromatic rings. The Morgan fingerprint density at radius 3 is 2.64 bits per heavy atom. The third-order valence-electron chi connectivity index (χ3n) is 3.39. The van der Waals surface area contributed by atoms with Crippen molar-refractivity contribution in [2.45, 2.75) is 26.9 Å². The first-order valence-electron chi connectivity index (χ1n) is 7.84. The lowest BCUT2D eigenvalue weighted by Crippen LogP contribution is -2.14. The maximum absolute atomic E-state index is 5.80. The van der Waals surface area contributed by atoms with Crippen molar-refractivity contribution in [1.82, 2.24) is 5.32 Å². The molecule has 0 saturated heterocycles. The smallest absolute Gasteiger partial charge is 0.123 e. The molecule has 0 fully saturated rings. The van der Waals surface area contributed by atoms with Gasteiger partial charge in [-0.3, -0.25) is 0 Å². The van der Waals surface area contributed by atoms with Gasteiger partial charge in [0.25, 0.3) is 0 Å². The molecular formula is C19H25NO2. The molecule has 0 aliphatic carbocycles. The van der Waals surface area contributed by atoms with E-state index in [1.165, 1.54) is 16.7 Å². The highest BCUT2D eigenvalue weighted by Gasteiger charge is 2.03. The zero-order chi connectivity index (χ0) is 15.6. The Labute approximate surface area is 133 Å². The summed E-state index contributed by atoms with van der Waals surface area (Å²) in [6.07, 6.45) is 0. The maximum Gasteiger partial charge on any atom is 0.123 e. The molecule has 0 aliphatic heterocycles. The van der Waals surface area contributed by atoms with E-state index in [4.69, 9.17) is 9.47 Å². The van der Waals surface area contributed by atoms with Gasteiger partial charge in [0.05, 0.1) is 6.61 Å². The van der Waals surface area contributed by atoms with E-state index in [1.807, 2.05) is 25.1 Å². The van der Waals surface area contributed by atoms with E-state index in [-0.39, 0.29) is 0 Å². The van der Waals surface area contributed by atoms with Gasteiger partial charge >= 0.3 is 0 Å². The Kier molecular flexibility index (Phi) is 6.94. The maximum atomic E-state index is 5.80. The van der Waals surface area contributed by atoms with Crippen LogP contribution in [0.1, 0.15) is 23.6 Å². The van der Waals surface area contributed by atoms with Gasteiger partial charge in [-0.05, 0) is 25.5 Å². The molecule has 0 radical (unpaired) electrons. The van der Waals surface area contributed by atoms with Crippen molar-refractivity contribution in [3.05, 3.63) is 65.2 Å². The van der Waals surface area contributed by atoms with Crippen LogP contribution in [0.3, 0.4) is 0 Å². The van der Waals surface area contributed by atoms with Crippen molar-refractivity contribution in [2.75, 3.05) is 19.8 Å². The Hall–Kier alpha value is -1.84. The van der Waals surface area contributed by atoms with Gasteiger partial charge in [0.15, 0.2) is 0 Å². The molecule has 0 bridgehead atoms. The number of aryl methyl sites for hydroxylation is 1. The molecule has 0 amide bonds. The van der Waals surface area contributed by atoms with Crippen molar-refractivity contribution >= 4 is 0 Å². The molecule has 2 rings (SSSR count). The normalized spacial score (nSPS) is 10.6. The lowest BCUT2D eigenvalue weighted by Gasteiger charge is -2.12. The number of rotatable bonds is 9. The zero-order valence-corrected chi connectivity index (χ0v) is 13.5. The summed E-state index contributed by atoms with van der Waals surface area (Å²) in [6.45, 7) is 7.69. The van der Waals surface area contributed by atoms with Crippen molar-refractivity contribution in [2.24, 2.45) is 0 Å². The van der Waals surface area contributed by atoms with Crippen LogP contribution in [0, 0.1) is 6.92 Å². The fourth-order valence-corrected chi connectivity index (χ4v) is 2.31. The van der Waals surface area contributed by atoms with Crippen molar-refractivity contribution in [3.8, 4) is 5.75 Å². The van der Waals surface area contributed by atoms with E-state index in [1.54, 1.807) is 0 Å². The van der Waals surface area contributed by atoms with Gasteiger partial charge in [-0.25, -0.2) is 0 Å². The number of para-hydroxylation sites is 1. The van der Waals surface area contributed by atoms with Gasteiger partial charge in [-0.1, -0.05) is 48.0 Å². The summed E-state index contributed by atoms with van der Waals surface area (Å²) in [5.74, 6) is 0.930. The monoisotopic (exact) mass is 299 g/mol. The SMILES string of the molecule is CCOCCOc1ccccc1CNCc1cccc(C)c1. The topological polar surface area (TPSA) is 30.5 Å². The highest BCUT2D eigenvalue weighted by atomic mass is 16.5. The van der Waals surface area contributed by atoms with Gasteiger partial charge in [0, 0.05) is 25.3 Å². The van der Waals surface area contributed by atoms with E-state index < -0.39 is 0 Å². The summed E-state index contributed by atoms with van der Waals surface area (Å²) >= 11 is 0. The van der Waals surface area contributed by atoms with Crippen LogP contribution in [-0.2, 0) is 17.8 Å². The lowest BCUT2D eigenvalue weighted by molar-refractivity contribution is 0.110. The number of nitrogens with one attached hydrogen (secondary N) is 1. The number of benzene rings is 2. The van der Waals surface area contributed by atoms with Crippen LogP contribution in [0.4, 0.5) is 0 Å². The molecule has 0 aliphatic rings. The molecule has 3 heteroatoms. The first-order chi connectivity index (χ1) is 10.8. The average Bonchev–Trinajstić information content (AvgIpc) is 2.53. The molecule has 3 nitrogen and oxygen atoms in total. The molecule has 22 heavy (non-hydrogen) atoms. The highest BCUT2D eigenvalue weighted by molar-refractivity contribution is 5.33. The predicted octanol–water partition coefficient (Wildman–Crippen LogP) is 3.70. The van der Waals surface area contributed by atoms with Gasteiger partial charge in [-0.2, -0.15) is 0 Å². The number of ether oxygens (including phenoxy) is 2. The van der Waals surface area contributed by atoms with Gasteiger partial charge < -0.3 is 14.8 Å². The Morgan fingerprint density at radius 1 is 0.955 bits per heavy atom. The summed E-state index contributed by atoms with van der Waals surface area (Å²) < 4.78 is 11.1. The second kappa shape index (κ2) is 9.23. The first kappa shape index (κ1) is 16.5. The predicted molar refractivity (Wildman–Crippen MR) is 90.2 cm³/mol. The van der Waals surface area contributed by atoms with Crippen LogP contribution >= 0.6 is 0 Å². The molecule has 0 atom stereocenters. The number of hydrogen-bond acceptors (Lipinski definition) is 3. The highest BCUT2D eigenvalue weighted by Crippen LogP contribution is 2.17. The van der Waals surface area contributed by atoms with Crippen LogP contribution in [0.5, 0.6) is 5.75 Å². The van der Waals surface area contributed by atoms with Gasteiger partial charge in [0.1, 0.15) is 12.4 Å². The van der Waals surface area contributed by atoms with E-state index in [9.17, 15) is 0 Å². The standard InChI is InChI=1S/C19H25NO2/c1-3-21-11-12-22-19-10-5-4-9-18(19)15-20-14-17-8-6-7-16(2)13-17/h4-10,13,20H,3,11-12,14-15H2,1-2H3. The fraction of sp³-hybridized carbons (Fsp3) is 0.368. The van der Waals surface area contributed by atoms with E-state index in [0.717, 1.165) is 25.4 Å². The summed E-state index contributed by atoms with van der Waals surface area (Å²) in [4.78, 5) is 0. The van der Waals surface area contributed by atoms with Crippen LogP contribution < -0.4 is 10.1 Å². The van der Waals surface area contributed by atoms with Crippen molar-refractivity contribution in [3.63, 3.8) is 0 Å². The third kappa shape index (κ3) is 5.51.